The fourth-order valence-corrected chi connectivity index (χ4v) is 3.43. The highest BCUT2D eigenvalue weighted by Crippen LogP contribution is 2.33. The van der Waals surface area contributed by atoms with Crippen molar-refractivity contribution < 1.29 is 14.3 Å². The molecule has 2 N–H and O–H groups in total. The van der Waals surface area contributed by atoms with Gasteiger partial charge in [-0.1, -0.05) is 36.7 Å². The predicted octanol–water partition coefficient (Wildman–Crippen LogP) is 3.74. The van der Waals surface area contributed by atoms with Gasteiger partial charge in [0, 0.05) is 29.2 Å². The minimum atomic E-state index is -0.0110. The van der Waals surface area contributed by atoms with E-state index in [0.717, 1.165) is 18.5 Å². The molecular weight excluding hydrogens is 364 g/mol. The summed E-state index contributed by atoms with van der Waals surface area (Å²) in [5.74, 6) is 1.08. The minimum absolute atomic E-state index is 0.00223. The molecule has 0 aromatic heterocycles. The van der Waals surface area contributed by atoms with E-state index in [1.807, 2.05) is 29.2 Å². The number of methoxy groups -OCH3 is 1. The van der Waals surface area contributed by atoms with Crippen molar-refractivity contribution >= 4 is 17.5 Å². The Morgan fingerprint density at radius 1 is 1.26 bits per heavy atom. The van der Waals surface area contributed by atoms with E-state index >= 15 is 0 Å². The van der Waals surface area contributed by atoms with Crippen molar-refractivity contribution in [1.82, 2.24) is 4.90 Å². The third kappa shape index (κ3) is 4.37. The summed E-state index contributed by atoms with van der Waals surface area (Å²) in [4.78, 5) is 14.7. The Hall–Kier alpha value is -2.24. The highest BCUT2D eigenvalue weighted by Gasteiger charge is 2.35. The number of likely N-dealkylation sites (tertiary alicyclic amines) is 1. The lowest BCUT2D eigenvalue weighted by Gasteiger charge is -2.23. The van der Waals surface area contributed by atoms with Gasteiger partial charge in [-0.15, -0.1) is 0 Å². The molecule has 6 heteroatoms. The molecule has 2 aromatic rings. The molecule has 1 saturated heterocycles. The number of carbonyl (C=O) groups is 1. The Morgan fingerprint density at radius 2 is 2.04 bits per heavy atom. The van der Waals surface area contributed by atoms with Gasteiger partial charge in [-0.2, -0.15) is 0 Å². The normalized spacial score (nSPS) is 19.2. The Labute approximate surface area is 165 Å². The lowest BCUT2D eigenvalue weighted by atomic mass is 9.90. The summed E-state index contributed by atoms with van der Waals surface area (Å²) in [6.07, 6.45) is 0.922. The predicted molar refractivity (Wildman–Crippen MR) is 106 cm³/mol. The third-order valence-electron chi connectivity index (χ3n) is 5.09. The van der Waals surface area contributed by atoms with Crippen LogP contribution in [0.1, 0.15) is 29.3 Å². The van der Waals surface area contributed by atoms with Crippen LogP contribution in [0, 0.1) is 5.41 Å². The first-order valence-corrected chi connectivity index (χ1v) is 9.37. The van der Waals surface area contributed by atoms with Crippen molar-refractivity contribution in [1.29, 1.82) is 0 Å². The second-order valence-electron chi connectivity index (χ2n) is 7.24. The molecule has 1 atom stereocenters. The second-order valence-corrected chi connectivity index (χ2v) is 7.64. The summed E-state index contributed by atoms with van der Waals surface area (Å²) in [7, 11) is 1.56. The average molecular weight is 389 g/mol. The van der Waals surface area contributed by atoms with Crippen molar-refractivity contribution in [3.8, 4) is 11.5 Å². The van der Waals surface area contributed by atoms with Gasteiger partial charge in [0.15, 0.2) is 11.5 Å². The van der Waals surface area contributed by atoms with Crippen LogP contribution in [0.4, 0.5) is 0 Å². The van der Waals surface area contributed by atoms with Crippen molar-refractivity contribution in [3.05, 3.63) is 58.6 Å². The van der Waals surface area contributed by atoms with Crippen LogP contribution in [0.15, 0.2) is 42.5 Å². The van der Waals surface area contributed by atoms with Crippen molar-refractivity contribution in [2.24, 2.45) is 11.1 Å². The van der Waals surface area contributed by atoms with Gasteiger partial charge >= 0.3 is 0 Å². The highest BCUT2D eigenvalue weighted by molar-refractivity contribution is 6.31. The van der Waals surface area contributed by atoms with Crippen molar-refractivity contribution in [2.75, 3.05) is 26.7 Å². The molecule has 1 unspecified atom stereocenters. The number of rotatable bonds is 6. The van der Waals surface area contributed by atoms with Crippen molar-refractivity contribution in [2.45, 2.75) is 20.0 Å². The van der Waals surface area contributed by atoms with Crippen LogP contribution < -0.4 is 15.2 Å². The van der Waals surface area contributed by atoms with Gasteiger partial charge in [0.25, 0.3) is 5.91 Å². The van der Waals surface area contributed by atoms with Crippen LogP contribution >= 0.6 is 11.6 Å². The molecule has 1 aliphatic heterocycles. The molecule has 2 aromatic carbocycles. The maximum absolute atomic E-state index is 12.8. The van der Waals surface area contributed by atoms with Crippen molar-refractivity contribution in [3.63, 3.8) is 0 Å². The quantitative estimate of drug-likeness (QED) is 0.818. The smallest absolute Gasteiger partial charge is 0.254 e. The van der Waals surface area contributed by atoms with Crippen LogP contribution in [0.5, 0.6) is 11.5 Å². The van der Waals surface area contributed by atoms with Gasteiger partial charge in [0.05, 0.1) is 7.11 Å². The summed E-state index contributed by atoms with van der Waals surface area (Å²) in [6.45, 7) is 4.42. The van der Waals surface area contributed by atoms with Gasteiger partial charge in [0.1, 0.15) is 6.61 Å². The maximum Gasteiger partial charge on any atom is 0.254 e. The fraction of sp³-hybridized carbons (Fsp3) is 0.381. The van der Waals surface area contributed by atoms with E-state index in [9.17, 15) is 4.79 Å². The fourth-order valence-electron chi connectivity index (χ4n) is 3.24. The summed E-state index contributed by atoms with van der Waals surface area (Å²) < 4.78 is 11.3. The summed E-state index contributed by atoms with van der Waals surface area (Å²) in [6, 6.07) is 12.8. The SMILES string of the molecule is COc1cc(C(=O)N2CCC(C)(CN)C2)ccc1OCc1ccccc1Cl. The number of benzene rings is 2. The molecule has 0 radical (unpaired) electrons. The van der Waals surface area contributed by atoms with Gasteiger partial charge in [-0.25, -0.2) is 0 Å². The molecular formula is C21H25ClN2O3. The van der Waals surface area contributed by atoms with Gasteiger partial charge in [0.2, 0.25) is 0 Å². The van der Waals surface area contributed by atoms with E-state index in [0.29, 0.717) is 41.8 Å². The molecule has 0 saturated carbocycles. The lowest BCUT2D eigenvalue weighted by molar-refractivity contribution is 0.0776. The van der Waals surface area contributed by atoms with Crippen LogP contribution in [0.2, 0.25) is 5.02 Å². The Balaban J connectivity index is 1.72. The Kier molecular flexibility index (Phi) is 5.92. The molecule has 1 fully saturated rings. The molecule has 1 heterocycles. The third-order valence-corrected chi connectivity index (χ3v) is 5.46. The minimum Gasteiger partial charge on any atom is -0.493 e. The summed E-state index contributed by atoms with van der Waals surface area (Å²) in [5, 5.41) is 0.653. The number of carbonyl (C=O) groups excluding carboxylic acids is 1. The van der Waals surface area contributed by atoms with E-state index in [2.05, 4.69) is 6.92 Å². The number of nitrogens with two attached hydrogens (primary N) is 1. The van der Waals surface area contributed by atoms with Gasteiger partial charge < -0.3 is 20.1 Å². The molecule has 5 nitrogen and oxygen atoms in total. The number of hydrogen-bond acceptors (Lipinski definition) is 4. The monoisotopic (exact) mass is 388 g/mol. The zero-order chi connectivity index (χ0) is 19.4. The highest BCUT2D eigenvalue weighted by atomic mass is 35.5. The van der Waals surface area contributed by atoms with Crippen LogP contribution in [0.3, 0.4) is 0 Å². The maximum atomic E-state index is 12.8. The number of amides is 1. The van der Waals surface area contributed by atoms with Crippen LogP contribution in [0.25, 0.3) is 0 Å². The topological polar surface area (TPSA) is 64.8 Å². The molecule has 0 spiro atoms. The first kappa shape index (κ1) is 19.5. The molecule has 1 aliphatic rings. The van der Waals surface area contributed by atoms with E-state index in [1.54, 1.807) is 25.3 Å². The summed E-state index contributed by atoms with van der Waals surface area (Å²) in [5.41, 5.74) is 7.31. The van der Waals surface area contributed by atoms with Gasteiger partial charge in [-0.3, -0.25) is 4.79 Å². The molecule has 27 heavy (non-hydrogen) atoms. The molecule has 1 amide bonds. The van der Waals surface area contributed by atoms with E-state index < -0.39 is 0 Å². The molecule has 144 valence electrons. The summed E-state index contributed by atoms with van der Waals surface area (Å²) >= 11 is 6.17. The van der Waals surface area contributed by atoms with Crippen LogP contribution in [-0.2, 0) is 6.61 Å². The first-order chi connectivity index (χ1) is 13.0. The first-order valence-electron chi connectivity index (χ1n) is 8.99. The van der Waals surface area contributed by atoms with Gasteiger partial charge in [-0.05, 0) is 42.6 Å². The molecule has 0 bridgehead atoms. The van der Waals surface area contributed by atoms with E-state index in [4.69, 9.17) is 26.8 Å². The van der Waals surface area contributed by atoms with E-state index in [1.165, 1.54) is 0 Å². The lowest BCUT2D eigenvalue weighted by Crippen LogP contribution is -2.34. The molecule has 3 rings (SSSR count). The standard InChI is InChI=1S/C21H25ClN2O3/c1-21(13-23)9-10-24(14-21)20(25)15-7-8-18(19(11-15)26-2)27-12-16-5-3-4-6-17(16)22/h3-8,11H,9-10,12-14,23H2,1-2H3. The zero-order valence-corrected chi connectivity index (χ0v) is 16.5. The number of hydrogen-bond donors (Lipinski definition) is 1. The Bertz CT molecular complexity index is 827. The Morgan fingerprint density at radius 3 is 2.70 bits per heavy atom. The largest absolute Gasteiger partial charge is 0.493 e. The van der Waals surface area contributed by atoms with E-state index in [-0.39, 0.29) is 11.3 Å². The number of ether oxygens (including phenoxy) is 2. The second kappa shape index (κ2) is 8.19. The zero-order valence-electron chi connectivity index (χ0n) is 15.7. The molecule has 0 aliphatic carbocycles. The average Bonchev–Trinajstić information content (AvgIpc) is 3.09. The van der Waals surface area contributed by atoms with Crippen LogP contribution in [-0.4, -0.2) is 37.6 Å². The number of nitrogens with zero attached hydrogens (tertiary/aromatic N) is 1. The number of halogens is 1.